The lowest BCUT2D eigenvalue weighted by atomic mass is 9.99. The summed E-state index contributed by atoms with van der Waals surface area (Å²) in [4.78, 5) is 27.1. The van der Waals surface area contributed by atoms with Crippen molar-refractivity contribution in [3.05, 3.63) is 68.6 Å². The van der Waals surface area contributed by atoms with E-state index in [4.69, 9.17) is 11.6 Å². The van der Waals surface area contributed by atoms with E-state index in [1.54, 1.807) is 11.0 Å². The fourth-order valence-electron chi connectivity index (χ4n) is 3.59. The molecular weight excluding hydrogens is 446 g/mol. The van der Waals surface area contributed by atoms with Gasteiger partial charge in [-0.1, -0.05) is 46.7 Å². The van der Waals surface area contributed by atoms with Crippen molar-refractivity contribution in [2.45, 2.75) is 32.6 Å². The summed E-state index contributed by atoms with van der Waals surface area (Å²) in [7, 11) is 0. The number of aromatic nitrogens is 2. The van der Waals surface area contributed by atoms with Crippen molar-refractivity contribution in [3.8, 4) is 0 Å². The Morgan fingerprint density at radius 3 is 2.56 bits per heavy atom. The number of halogens is 1. The van der Waals surface area contributed by atoms with Gasteiger partial charge in [-0.15, -0.1) is 10.2 Å². The minimum atomic E-state index is -0.281. The minimum Gasteiger partial charge on any atom is -0.324 e. The average molecular weight is 470 g/mol. The van der Waals surface area contributed by atoms with Crippen molar-refractivity contribution in [1.29, 1.82) is 0 Å². The number of carbonyl (C=O) groups excluding carboxylic acids is 2. The number of piperidine rings is 1. The third-order valence-corrected chi connectivity index (χ3v) is 6.77. The van der Waals surface area contributed by atoms with E-state index < -0.39 is 0 Å². The zero-order chi connectivity index (χ0) is 22.7. The van der Waals surface area contributed by atoms with Crippen LogP contribution in [-0.4, -0.2) is 40.1 Å². The monoisotopic (exact) mass is 469 g/mol. The normalized spacial score (nSPS) is 16.0. The van der Waals surface area contributed by atoms with Crippen LogP contribution in [-0.2, 0) is 0 Å². The molecule has 0 unspecified atom stereocenters. The number of carbonyl (C=O) groups is 2. The van der Waals surface area contributed by atoms with Crippen molar-refractivity contribution < 1.29 is 9.59 Å². The molecule has 7 nitrogen and oxygen atoms in total. The standard InChI is InChI=1S/C23H24ClN5O2S/c1-14-5-8-17(9-6-14)25-20(30)22-28-27-21(32-22)16-4-3-11-29(13-16)23(31)26-19-10-7-15(2)12-18(19)24/h5-10,12,16H,3-4,11,13H2,1-2H3,(H,25,30)(H,26,31)/t16-/m0/s1. The number of likely N-dealkylation sites (tertiary alicyclic amines) is 1. The van der Waals surface area contributed by atoms with Gasteiger partial charge in [0, 0.05) is 24.7 Å². The van der Waals surface area contributed by atoms with Crippen molar-refractivity contribution in [2.75, 3.05) is 23.7 Å². The molecule has 1 aliphatic rings. The number of hydrogen-bond donors (Lipinski definition) is 2. The smallest absolute Gasteiger partial charge is 0.321 e. The van der Waals surface area contributed by atoms with Gasteiger partial charge in [0.1, 0.15) is 5.01 Å². The number of benzene rings is 2. The molecule has 1 aliphatic heterocycles. The number of hydrogen-bond acceptors (Lipinski definition) is 5. The third-order valence-electron chi connectivity index (χ3n) is 5.37. The number of urea groups is 1. The summed E-state index contributed by atoms with van der Waals surface area (Å²) < 4.78 is 0. The molecule has 0 aliphatic carbocycles. The lowest BCUT2D eigenvalue weighted by molar-refractivity contribution is 0.102. The molecule has 0 spiro atoms. The molecule has 1 aromatic heterocycles. The Hall–Kier alpha value is -2.97. The van der Waals surface area contributed by atoms with Crippen LogP contribution in [0.4, 0.5) is 16.2 Å². The second kappa shape index (κ2) is 9.67. The van der Waals surface area contributed by atoms with Crippen molar-refractivity contribution in [2.24, 2.45) is 0 Å². The highest BCUT2D eigenvalue weighted by Gasteiger charge is 2.28. The molecule has 166 valence electrons. The van der Waals surface area contributed by atoms with E-state index in [-0.39, 0.29) is 17.9 Å². The second-order valence-corrected chi connectivity index (χ2v) is 9.38. The molecule has 3 amide bonds. The Bertz CT molecular complexity index is 1130. The van der Waals surface area contributed by atoms with E-state index in [1.165, 1.54) is 11.3 Å². The first-order valence-electron chi connectivity index (χ1n) is 10.4. The molecule has 9 heteroatoms. The van der Waals surface area contributed by atoms with E-state index in [1.807, 2.05) is 50.2 Å². The third kappa shape index (κ3) is 5.26. The maximum atomic E-state index is 12.8. The van der Waals surface area contributed by atoms with Crippen LogP contribution >= 0.6 is 22.9 Å². The Labute approximate surface area is 195 Å². The summed E-state index contributed by atoms with van der Waals surface area (Å²) in [5.41, 5.74) is 3.46. The van der Waals surface area contributed by atoms with E-state index in [0.29, 0.717) is 34.5 Å². The van der Waals surface area contributed by atoms with Crippen LogP contribution in [0.5, 0.6) is 0 Å². The highest BCUT2D eigenvalue weighted by Crippen LogP contribution is 2.30. The number of aryl methyl sites for hydroxylation is 2. The van der Waals surface area contributed by atoms with Crippen LogP contribution in [0.25, 0.3) is 0 Å². The predicted octanol–water partition coefficient (Wildman–Crippen LogP) is 5.47. The fourth-order valence-corrected chi connectivity index (χ4v) is 4.74. The Morgan fingerprint density at radius 1 is 1.06 bits per heavy atom. The van der Waals surface area contributed by atoms with Gasteiger partial charge >= 0.3 is 6.03 Å². The molecule has 4 rings (SSSR count). The van der Waals surface area contributed by atoms with Crippen molar-refractivity contribution >= 4 is 46.3 Å². The van der Waals surface area contributed by atoms with Crippen LogP contribution in [0.15, 0.2) is 42.5 Å². The quantitative estimate of drug-likeness (QED) is 0.530. The molecule has 2 N–H and O–H groups in total. The van der Waals surface area contributed by atoms with Crippen LogP contribution in [0.1, 0.15) is 44.7 Å². The molecule has 1 atom stereocenters. The summed E-state index contributed by atoms with van der Waals surface area (Å²) in [5, 5.41) is 15.7. The molecule has 1 fully saturated rings. The molecule has 0 radical (unpaired) electrons. The molecule has 0 saturated carbocycles. The Morgan fingerprint density at radius 2 is 1.81 bits per heavy atom. The Kier molecular flexibility index (Phi) is 6.72. The first kappa shape index (κ1) is 22.2. The van der Waals surface area contributed by atoms with E-state index in [0.717, 1.165) is 29.0 Å². The molecule has 2 heterocycles. The van der Waals surface area contributed by atoms with Gasteiger partial charge in [0.05, 0.1) is 10.7 Å². The molecule has 1 saturated heterocycles. The number of amides is 3. The Balaban J connectivity index is 1.39. The number of nitrogens with zero attached hydrogens (tertiary/aromatic N) is 3. The summed E-state index contributed by atoms with van der Waals surface area (Å²) in [6.07, 6.45) is 1.74. The van der Waals surface area contributed by atoms with Crippen LogP contribution < -0.4 is 10.6 Å². The average Bonchev–Trinajstić information content (AvgIpc) is 3.28. The van der Waals surface area contributed by atoms with Gasteiger partial charge in [-0.05, 0) is 56.5 Å². The minimum absolute atomic E-state index is 0.0430. The van der Waals surface area contributed by atoms with Crippen LogP contribution in [0, 0.1) is 13.8 Å². The highest BCUT2D eigenvalue weighted by atomic mass is 35.5. The van der Waals surface area contributed by atoms with Gasteiger partial charge in [-0.25, -0.2) is 4.79 Å². The van der Waals surface area contributed by atoms with Gasteiger partial charge in [-0.2, -0.15) is 0 Å². The van der Waals surface area contributed by atoms with E-state index in [2.05, 4.69) is 20.8 Å². The molecule has 0 bridgehead atoms. The van der Waals surface area contributed by atoms with Crippen LogP contribution in [0.3, 0.4) is 0 Å². The van der Waals surface area contributed by atoms with Gasteiger partial charge in [0.2, 0.25) is 5.01 Å². The SMILES string of the molecule is Cc1ccc(NC(=O)c2nnc([C@H]3CCCN(C(=O)Nc4ccc(C)cc4Cl)C3)s2)cc1. The fraction of sp³-hybridized carbons (Fsp3) is 0.304. The van der Waals surface area contributed by atoms with Gasteiger partial charge < -0.3 is 15.5 Å². The molecule has 2 aromatic carbocycles. The molecule has 3 aromatic rings. The maximum Gasteiger partial charge on any atom is 0.321 e. The zero-order valence-corrected chi connectivity index (χ0v) is 19.5. The second-order valence-electron chi connectivity index (χ2n) is 7.96. The first-order valence-corrected chi connectivity index (χ1v) is 11.6. The van der Waals surface area contributed by atoms with E-state index >= 15 is 0 Å². The summed E-state index contributed by atoms with van der Waals surface area (Å²) in [5.74, 6) is -0.238. The number of nitrogens with one attached hydrogen (secondary N) is 2. The van der Waals surface area contributed by atoms with Crippen molar-refractivity contribution in [3.63, 3.8) is 0 Å². The first-order chi connectivity index (χ1) is 15.4. The van der Waals surface area contributed by atoms with Crippen LogP contribution in [0.2, 0.25) is 5.02 Å². The largest absolute Gasteiger partial charge is 0.324 e. The van der Waals surface area contributed by atoms with Gasteiger partial charge in [0.15, 0.2) is 0 Å². The van der Waals surface area contributed by atoms with Crippen molar-refractivity contribution in [1.82, 2.24) is 15.1 Å². The number of anilines is 2. The zero-order valence-electron chi connectivity index (χ0n) is 17.9. The molecular formula is C23H24ClN5O2S. The lowest BCUT2D eigenvalue weighted by Gasteiger charge is -2.31. The van der Waals surface area contributed by atoms with Gasteiger partial charge in [0.25, 0.3) is 5.91 Å². The lowest BCUT2D eigenvalue weighted by Crippen LogP contribution is -2.41. The highest BCUT2D eigenvalue weighted by molar-refractivity contribution is 7.13. The topological polar surface area (TPSA) is 87.2 Å². The van der Waals surface area contributed by atoms with Gasteiger partial charge in [-0.3, -0.25) is 4.79 Å². The summed E-state index contributed by atoms with van der Waals surface area (Å²) in [6, 6.07) is 12.9. The predicted molar refractivity (Wildman–Crippen MR) is 128 cm³/mol. The molecule has 32 heavy (non-hydrogen) atoms. The number of rotatable bonds is 4. The summed E-state index contributed by atoms with van der Waals surface area (Å²) in [6.45, 7) is 5.12. The summed E-state index contributed by atoms with van der Waals surface area (Å²) >= 11 is 7.53. The maximum absolute atomic E-state index is 12.8. The van der Waals surface area contributed by atoms with E-state index in [9.17, 15) is 9.59 Å².